The third-order valence-corrected chi connectivity index (χ3v) is 2.65. The number of hydrogen-bond acceptors (Lipinski definition) is 4. The molecule has 2 aromatic rings. The van der Waals surface area contributed by atoms with Crippen molar-refractivity contribution in [2.24, 2.45) is 0 Å². The molecule has 0 spiro atoms. The van der Waals surface area contributed by atoms with Crippen LogP contribution in [0.5, 0.6) is 0 Å². The molecule has 0 fully saturated rings. The van der Waals surface area contributed by atoms with Gasteiger partial charge in [0, 0.05) is 6.07 Å². The van der Waals surface area contributed by atoms with E-state index in [0.717, 1.165) is 6.07 Å². The summed E-state index contributed by atoms with van der Waals surface area (Å²) < 4.78 is 0. The molecular formula is C12H9ClN4O3. The number of hydrazine groups is 1. The van der Waals surface area contributed by atoms with Crippen LogP contribution in [0.1, 0.15) is 20.8 Å². The zero-order valence-corrected chi connectivity index (χ0v) is 10.8. The van der Waals surface area contributed by atoms with Crippen molar-refractivity contribution in [3.05, 3.63) is 63.0 Å². The van der Waals surface area contributed by atoms with Gasteiger partial charge in [-0.15, -0.1) is 0 Å². The number of rotatable bonds is 2. The molecule has 3 N–H and O–H groups in total. The summed E-state index contributed by atoms with van der Waals surface area (Å²) in [6, 6.07) is 8.78. The topological polar surface area (TPSA) is 104 Å². The number of carbonyl (C=O) groups is 2. The van der Waals surface area contributed by atoms with Crippen LogP contribution >= 0.6 is 11.6 Å². The number of halogens is 1. The molecule has 0 radical (unpaired) electrons. The number of H-pyrrole nitrogens is 1. The number of nitrogens with zero attached hydrogens (tertiary/aromatic N) is 1. The Labute approximate surface area is 117 Å². The summed E-state index contributed by atoms with van der Waals surface area (Å²) in [5.41, 5.74) is 4.12. The highest BCUT2D eigenvalue weighted by Gasteiger charge is 2.12. The highest BCUT2D eigenvalue weighted by molar-refractivity contribution is 6.33. The van der Waals surface area contributed by atoms with Crippen molar-refractivity contribution >= 4 is 23.4 Å². The van der Waals surface area contributed by atoms with Gasteiger partial charge < -0.3 is 0 Å². The fourth-order valence-electron chi connectivity index (χ4n) is 1.36. The first-order chi connectivity index (χ1) is 9.58. The number of carbonyl (C=O) groups excluding carboxylic acids is 2. The van der Waals surface area contributed by atoms with E-state index in [1.54, 1.807) is 18.2 Å². The summed E-state index contributed by atoms with van der Waals surface area (Å²) >= 11 is 5.84. The summed E-state index contributed by atoms with van der Waals surface area (Å²) in [6.45, 7) is 0. The van der Waals surface area contributed by atoms with Crippen LogP contribution < -0.4 is 16.4 Å². The van der Waals surface area contributed by atoms with Gasteiger partial charge in [0.25, 0.3) is 17.4 Å². The van der Waals surface area contributed by atoms with E-state index in [2.05, 4.69) is 21.0 Å². The Morgan fingerprint density at radius 2 is 1.75 bits per heavy atom. The summed E-state index contributed by atoms with van der Waals surface area (Å²) in [5, 5.41) is 5.89. The minimum absolute atomic E-state index is 0.0379. The van der Waals surface area contributed by atoms with Crippen molar-refractivity contribution in [3.63, 3.8) is 0 Å². The molecule has 8 heteroatoms. The number of benzene rings is 1. The fraction of sp³-hybridized carbons (Fsp3) is 0. The van der Waals surface area contributed by atoms with Gasteiger partial charge in [-0.2, -0.15) is 5.10 Å². The number of aromatic nitrogens is 2. The van der Waals surface area contributed by atoms with Crippen molar-refractivity contribution in [3.8, 4) is 0 Å². The second-order valence-electron chi connectivity index (χ2n) is 3.69. The van der Waals surface area contributed by atoms with Crippen molar-refractivity contribution in [2.45, 2.75) is 0 Å². The van der Waals surface area contributed by atoms with Crippen molar-refractivity contribution in [1.82, 2.24) is 21.0 Å². The van der Waals surface area contributed by atoms with E-state index in [9.17, 15) is 14.4 Å². The van der Waals surface area contributed by atoms with Crippen molar-refractivity contribution < 1.29 is 9.59 Å². The summed E-state index contributed by atoms with van der Waals surface area (Å²) in [4.78, 5) is 34.2. The first-order valence-electron chi connectivity index (χ1n) is 5.49. The molecular weight excluding hydrogens is 284 g/mol. The second-order valence-corrected chi connectivity index (χ2v) is 4.10. The zero-order chi connectivity index (χ0) is 14.5. The maximum Gasteiger partial charge on any atom is 0.290 e. The van der Waals surface area contributed by atoms with Gasteiger partial charge in [0.2, 0.25) is 0 Å². The normalized spacial score (nSPS) is 9.85. The van der Waals surface area contributed by atoms with Crippen LogP contribution in [-0.2, 0) is 0 Å². The molecule has 0 aliphatic carbocycles. The Bertz CT molecular complexity index is 693. The van der Waals surface area contributed by atoms with Gasteiger partial charge in [0.05, 0.1) is 10.6 Å². The first kappa shape index (κ1) is 13.8. The van der Waals surface area contributed by atoms with E-state index in [-0.39, 0.29) is 16.3 Å². The number of amides is 2. The average Bonchev–Trinajstić information content (AvgIpc) is 2.45. The molecule has 0 saturated carbocycles. The lowest BCUT2D eigenvalue weighted by atomic mass is 10.2. The lowest BCUT2D eigenvalue weighted by molar-refractivity contribution is 0.0843. The highest BCUT2D eigenvalue weighted by Crippen LogP contribution is 2.13. The van der Waals surface area contributed by atoms with E-state index in [4.69, 9.17) is 11.6 Å². The lowest BCUT2D eigenvalue weighted by Crippen LogP contribution is -2.42. The minimum Gasteiger partial charge on any atom is -0.268 e. The molecule has 20 heavy (non-hydrogen) atoms. The maximum atomic E-state index is 11.8. The van der Waals surface area contributed by atoms with Crippen molar-refractivity contribution in [2.75, 3.05) is 0 Å². The summed E-state index contributed by atoms with van der Waals surface area (Å²) in [7, 11) is 0. The van der Waals surface area contributed by atoms with E-state index >= 15 is 0 Å². The largest absolute Gasteiger partial charge is 0.290 e. The molecule has 0 saturated heterocycles. The van der Waals surface area contributed by atoms with Gasteiger partial charge in [-0.05, 0) is 18.2 Å². The molecule has 1 aromatic heterocycles. The van der Waals surface area contributed by atoms with Crippen LogP contribution in [0.2, 0.25) is 5.02 Å². The predicted molar refractivity (Wildman–Crippen MR) is 71.2 cm³/mol. The van der Waals surface area contributed by atoms with Crippen LogP contribution in [0.3, 0.4) is 0 Å². The molecule has 102 valence electrons. The molecule has 2 rings (SSSR count). The Kier molecular flexibility index (Phi) is 4.11. The Morgan fingerprint density at radius 1 is 1.05 bits per heavy atom. The van der Waals surface area contributed by atoms with Crippen LogP contribution in [0.4, 0.5) is 0 Å². The molecule has 0 aliphatic rings. The molecule has 1 heterocycles. The fourth-order valence-corrected chi connectivity index (χ4v) is 1.58. The van der Waals surface area contributed by atoms with Gasteiger partial charge in [-0.3, -0.25) is 25.2 Å². The number of nitrogens with one attached hydrogen (secondary N) is 3. The van der Waals surface area contributed by atoms with Crippen LogP contribution in [0.15, 0.2) is 41.2 Å². The van der Waals surface area contributed by atoms with E-state index in [0.29, 0.717) is 0 Å². The Hall–Kier alpha value is -2.67. The predicted octanol–water partition coefficient (Wildman–Crippen LogP) is 0.498. The van der Waals surface area contributed by atoms with E-state index in [1.165, 1.54) is 12.1 Å². The number of aromatic amines is 1. The Balaban J connectivity index is 2.00. The molecule has 1 aromatic carbocycles. The molecule has 0 atom stereocenters. The molecule has 7 nitrogen and oxygen atoms in total. The van der Waals surface area contributed by atoms with E-state index in [1.807, 2.05) is 0 Å². The van der Waals surface area contributed by atoms with Crippen molar-refractivity contribution in [1.29, 1.82) is 0 Å². The SMILES string of the molecule is O=C(NNC(=O)c1ccccc1Cl)c1ccc(=O)[nH]n1. The van der Waals surface area contributed by atoms with Crippen LogP contribution in [-0.4, -0.2) is 22.0 Å². The monoisotopic (exact) mass is 292 g/mol. The molecule has 0 bridgehead atoms. The third kappa shape index (κ3) is 3.21. The van der Waals surface area contributed by atoms with Gasteiger partial charge in [-0.25, -0.2) is 5.10 Å². The first-order valence-corrected chi connectivity index (χ1v) is 5.86. The quantitative estimate of drug-likeness (QED) is 0.701. The zero-order valence-electron chi connectivity index (χ0n) is 10.0. The van der Waals surface area contributed by atoms with Gasteiger partial charge >= 0.3 is 0 Å². The van der Waals surface area contributed by atoms with Crippen LogP contribution in [0, 0.1) is 0 Å². The highest BCUT2D eigenvalue weighted by atomic mass is 35.5. The van der Waals surface area contributed by atoms with Crippen LogP contribution in [0.25, 0.3) is 0 Å². The number of hydrogen-bond donors (Lipinski definition) is 3. The molecule has 0 aliphatic heterocycles. The average molecular weight is 293 g/mol. The van der Waals surface area contributed by atoms with Gasteiger partial charge in [0.1, 0.15) is 0 Å². The lowest BCUT2D eigenvalue weighted by Gasteiger charge is -2.07. The smallest absolute Gasteiger partial charge is 0.268 e. The third-order valence-electron chi connectivity index (χ3n) is 2.32. The standard InChI is InChI=1S/C12H9ClN4O3/c13-8-4-2-1-3-7(8)11(19)16-17-12(20)9-5-6-10(18)15-14-9/h1-6H,(H,15,18)(H,16,19)(H,17,20). The van der Waals surface area contributed by atoms with Gasteiger partial charge in [0.15, 0.2) is 5.69 Å². The van der Waals surface area contributed by atoms with E-state index < -0.39 is 17.4 Å². The minimum atomic E-state index is -0.665. The summed E-state index contributed by atoms with van der Waals surface area (Å²) in [6.07, 6.45) is 0. The maximum absolute atomic E-state index is 11.8. The molecule has 2 amide bonds. The Morgan fingerprint density at radius 3 is 2.40 bits per heavy atom. The van der Waals surface area contributed by atoms with Gasteiger partial charge in [-0.1, -0.05) is 23.7 Å². The second kappa shape index (κ2) is 5.98. The molecule has 0 unspecified atom stereocenters. The summed E-state index contributed by atoms with van der Waals surface area (Å²) in [5.74, 6) is -1.23.